The summed E-state index contributed by atoms with van der Waals surface area (Å²) >= 11 is 2.91. The number of amides is 1. The van der Waals surface area contributed by atoms with E-state index in [1.54, 1.807) is 13.8 Å². The van der Waals surface area contributed by atoms with Crippen molar-refractivity contribution in [1.82, 2.24) is 0 Å². The van der Waals surface area contributed by atoms with Crippen molar-refractivity contribution < 1.29 is 13.6 Å². The van der Waals surface area contributed by atoms with Crippen molar-refractivity contribution in [2.75, 3.05) is 5.32 Å². The van der Waals surface area contributed by atoms with Gasteiger partial charge in [-0.05, 0) is 27.9 Å². The summed E-state index contributed by atoms with van der Waals surface area (Å²) in [5.41, 5.74) is 5.51. The maximum absolute atomic E-state index is 13.3. The normalized spacial score (nSPS) is 12.6. The third kappa shape index (κ3) is 3.47. The van der Waals surface area contributed by atoms with Crippen LogP contribution in [0.25, 0.3) is 0 Å². The van der Waals surface area contributed by atoms with E-state index in [0.29, 0.717) is 6.07 Å². The van der Waals surface area contributed by atoms with E-state index in [2.05, 4.69) is 21.2 Å². The van der Waals surface area contributed by atoms with Gasteiger partial charge in [0.2, 0.25) is 5.91 Å². The second-order valence-corrected chi connectivity index (χ2v) is 4.86. The number of benzene rings is 1. The summed E-state index contributed by atoms with van der Waals surface area (Å²) in [4.78, 5) is 11.6. The zero-order valence-corrected chi connectivity index (χ0v) is 11.0. The Bertz CT molecular complexity index is 438. The Hall–Kier alpha value is -1.01. The molecule has 3 N–H and O–H groups in total. The molecule has 0 saturated heterocycles. The van der Waals surface area contributed by atoms with E-state index in [1.165, 1.54) is 0 Å². The number of nitrogens with two attached hydrogens (primary N) is 1. The predicted octanol–water partition coefficient (Wildman–Crippen LogP) is 2.65. The maximum Gasteiger partial charge on any atom is 0.241 e. The molecule has 1 aromatic rings. The second kappa shape index (κ2) is 5.55. The fourth-order valence-electron chi connectivity index (χ4n) is 1.14. The van der Waals surface area contributed by atoms with Crippen molar-refractivity contribution >= 4 is 27.5 Å². The van der Waals surface area contributed by atoms with E-state index in [1.807, 2.05) is 0 Å². The van der Waals surface area contributed by atoms with E-state index in [9.17, 15) is 13.6 Å². The third-order valence-corrected chi connectivity index (χ3v) is 2.90. The Morgan fingerprint density at radius 2 is 1.94 bits per heavy atom. The van der Waals surface area contributed by atoms with Crippen LogP contribution in [0.3, 0.4) is 0 Å². The minimum absolute atomic E-state index is 0.0676. The molecule has 1 aromatic carbocycles. The van der Waals surface area contributed by atoms with Gasteiger partial charge in [-0.15, -0.1) is 0 Å². The zero-order valence-electron chi connectivity index (χ0n) is 9.43. The molecule has 0 saturated carbocycles. The lowest BCUT2D eigenvalue weighted by Crippen LogP contribution is -2.39. The number of carbonyl (C=O) groups is 1. The lowest BCUT2D eigenvalue weighted by atomic mass is 10.0. The van der Waals surface area contributed by atoms with Crippen LogP contribution in [0.15, 0.2) is 16.6 Å². The highest BCUT2D eigenvalue weighted by atomic mass is 79.9. The molecule has 0 aliphatic rings. The molecule has 1 atom stereocenters. The Morgan fingerprint density at radius 1 is 1.35 bits per heavy atom. The molecule has 0 aliphatic carbocycles. The third-order valence-electron chi connectivity index (χ3n) is 2.29. The summed E-state index contributed by atoms with van der Waals surface area (Å²) in [7, 11) is 0. The predicted molar refractivity (Wildman–Crippen MR) is 65.5 cm³/mol. The summed E-state index contributed by atoms with van der Waals surface area (Å²) in [5.74, 6) is -2.14. The van der Waals surface area contributed by atoms with Crippen LogP contribution in [0.5, 0.6) is 0 Å². The smallest absolute Gasteiger partial charge is 0.241 e. The minimum atomic E-state index is -0.838. The number of anilines is 1. The monoisotopic (exact) mass is 306 g/mol. The molecule has 0 unspecified atom stereocenters. The van der Waals surface area contributed by atoms with Gasteiger partial charge in [-0.3, -0.25) is 4.79 Å². The second-order valence-electron chi connectivity index (χ2n) is 4.01. The van der Waals surface area contributed by atoms with Gasteiger partial charge in [0.1, 0.15) is 11.6 Å². The molecule has 3 nitrogen and oxygen atoms in total. The van der Waals surface area contributed by atoms with Gasteiger partial charge in [0.25, 0.3) is 0 Å². The first kappa shape index (κ1) is 14.1. The fraction of sp³-hybridized carbons (Fsp3) is 0.364. The number of carbonyl (C=O) groups excluding carboxylic acids is 1. The van der Waals surface area contributed by atoms with Gasteiger partial charge in [0.05, 0.1) is 16.2 Å². The van der Waals surface area contributed by atoms with Gasteiger partial charge in [-0.1, -0.05) is 13.8 Å². The molecular formula is C11H13BrF2N2O. The van der Waals surface area contributed by atoms with Crippen molar-refractivity contribution in [2.24, 2.45) is 11.7 Å². The van der Waals surface area contributed by atoms with Crippen LogP contribution in [0.2, 0.25) is 0 Å². The minimum Gasteiger partial charge on any atom is -0.322 e. The number of nitrogens with one attached hydrogen (secondary N) is 1. The first-order valence-corrected chi connectivity index (χ1v) is 5.83. The van der Waals surface area contributed by atoms with E-state index < -0.39 is 23.6 Å². The molecule has 0 heterocycles. The van der Waals surface area contributed by atoms with Gasteiger partial charge in [0.15, 0.2) is 0 Å². The van der Waals surface area contributed by atoms with Gasteiger partial charge in [-0.2, -0.15) is 0 Å². The average molecular weight is 307 g/mol. The molecule has 0 spiro atoms. The molecular weight excluding hydrogens is 294 g/mol. The SMILES string of the molecule is CC(C)[C@@H](N)C(=O)Nc1cc(Br)c(F)cc1F. The first-order valence-electron chi connectivity index (χ1n) is 5.04. The fourth-order valence-corrected chi connectivity index (χ4v) is 1.48. The highest BCUT2D eigenvalue weighted by Gasteiger charge is 2.19. The summed E-state index contributed by atoms with van der Waals surface area (Å²) in [6.45, 7) is 3.56. The summed E-state index contributed by atoms with van der Waals surface area (Å²) in [6, 6.07) is 1.12. The molecule has 0 fully saturated rings. The van der Waals surface area contributed by atoms with Gasteiger partial charge in [0, 0.05) is 6.07 Å². The summed E-state index contributed by atoms with van der Waals surface area (Å²) in [5, 5.41) is 2.32. The molecule has 0 aromatic heterocycles. The van der Waals surface area contributed by atoms with E-state index >= 15 is 0 Å². The standard InChI is InChI=1S/C11H13BrF2N2O/c1-5(2)10(15)11(17)16-9-3-6(12)7(13)4-8(9)14/h3-5,10H,15H2,1-2H3,(H,16,17)/t10-/m1/s1. The quantitative estimate of drug-likeness (QED) is 0.844. The molecule has 1 amide bonds. The zero-order chi connectivity index (χ0) is 13.2. The molecule has 6 heteroatoms. The molecule has 0 radical (unpaired) electrons. The molecule has 1 rings (SSSR count). The largest absolute Gasteiger partial charge is 0.322 e. The molecule has 0 aliphatic heterocycles. The van der Waals surface area contributed by atoms with Crippen molar-refractivity contribution in [2.45, 2.75) is 19.9 Å². The Labute approximate surface area is 107 Å². The highest BCUT2D eigenvalue weighted by Crippen LogP contribution is 2.23. The molecule has 17 heavy (non-hydrogen) atoms. The van der Waals surface area contributed by atoms with E-state index in [-0.39, 0.29) is 16.1 Å². The van der Waals surface area contributed by atoms with Gasteiger partial charge < -0.3 is 11.1 Å². The summed E-state index contributed by atoms with van der Waals surface area (Å²) in [6.07, 6.45) is 0. The van der Waals surface area contributed by atoms with Crippen molar-refractivity contribution in [3.05, 3.63) is 28.2 Å². The Balaban J connectivity index is 2.89. The number of halogens is 3. The van der Waals surface area contributed by atoms with Crippen LogP contribution < -0.4 is 11.1 Å². The van der Waals surface area contributed by atoms with Gasteiger partial charge >= 0.3 is 0 Å². The Kier molecular flexibility index (Phi) is 4.59. The van der Waals surface area contributed by atoms with Crippen molar-refractivity contribution in [1.29, 1.82) is 0 Å². The maximum atomic E-state index is 13.3. The van der Waals surface area contributed by atoms with Crippen LogP contribution in [0.4, 0.5) is 14.5 Å². The van der Waals surface area contributed by atoms with Gasteiger partial charge in [-0.25, -0.2) is 8.78 Å². The number of hydrogen-bond acceptors (Lipinski definition) is 2. The van der Waals surface area contributed by atoms with Crippen LogP contribution in [0.1, 0.15) is 13.8 Å². The van der Waals surface area contributed by atoms with Crippen molar-refractivity contribution in [3.8, 4) is 0 Å². The van der Waals surface area contributed by atoms with E-state index in [4.69, 9.17) is 5.73 Å². The Morgan fingerprint density at radius 3 is 2.47 bits per heavy atom. The number of rotatable bonds is 3. The highest BCUT2D eigenvalue weighted by molar-refractivity contribution is 9.10. The topological polar surface area (TPSA) is 55.1 Å². The van der Waals surface area contributed by atoms with Crippen LogP contribution >= 0.6 is 15.9 Å². The molecule has 94 valence electrons. The first-order chi connectivity index (χ1) is 7.82. The number of hydrogen-bond donors (Lipinski definition) is 2. The van der Waals surface area contributed by atoms with Crippen LogP contribution in [0, 0.1) is 17.6 Å². The lowest BCUT2D eigenvalue weighted by molar-refractivity contribution is -0.118. The van der Waals surface area contributed by atoms with Crippen molar-refractivity contribution in [3.63, 3.8) is 0 Å². The van der Waals surface area contributed by atoms with Crippen LogP contribution in [-0.4, -0.2) is 11.9 Å². The lowest BCUT2D eigenvalue weighted by Gasteiger charge is -2.15. The van der Waals surface area contributed by atoms with E-state index in [0.717, 1.165) is 6.07 Å². The summed E-state index contributed by atoms with van der Waals surface area (Å²) < 4.78 is 26.4. The average Bonchev–Trinajstić information content (AvgIpc) is 2.24. The van der Waals surface area contributed by atoms with Crippen LogP contribution in [-0.2, 0) is 4.79 Å². The molecule has 0 bridgehead atoms.